The van der Waals surface area contributed by atoms with Crippen molar-refractivity contribution >= 4 is 11.5 Å². The highest BCUT2D eigenvalue weighted by Crippen LogP contribution is 2.17. The summed E-state index contributed by atoms with van der Waals surface area (Å²) in [5.74, 6) is -3.80. The Labute approximate surface area is 102 Å². The molecule has 0 fully saturated rings. The van der Waals surface area contributed by atoms with Crippen LogP contribution in [0.5, 0.6) is 0 Å². The molecular weight excluding hydrogens is 247 g/mol. The Morgan fingerprint density at radius 3 is 2.39 bits per heavy atom. The summed E-state index contributed by atoms with van der Waals surface area (Å²) in [6, 6.07) is 1.78. The number of hydrogen-bond donors (Lipinski definition) is 3. The van der Waals surface area contributed by atoms with Gasteiger partial charge in [0.15, 0.2) is 17.5 Å². The maximum absolute atomic E-state index is 12.9. The number of rotatable bonds is 6. The van der Waals surface area contributed by atoms with Crippen molar-refractivity contribution in [3.05, 3.63) is 29.6 Å². The summed E-state index contributed by atoms with van der Waals surface area (Å²) in [5, 5.41) is 13.9. The zero-order valence-electron chi connectivity index (χ0n) is 9.59. The van der Waals surface area contributed by atoms with Crippen molar-refractivity contribution < 1.29 is 18.4 Å². The van der Waals surface area contributed by atoms with Crippen LogP contribution >= 0.6 is 0 Å². The lowest BCUT2D eigenvalue weighted by Crippen LogP contribution is -2.12. The van der Waals surface area contributed by atoms with Crippen LogP contribution in [0.15, 0.2) is 17.3 Å². The lowest BCUT2D eigenvalue weighted by Gasteiger charge is -2.07. The molecule has 18 heavy (non-hydrogen) atoms. The summed E-state index contributed by atoms with van der Waals surface area (Å²) < 4.78 is 38.4. The first-order chi connectivity index (χ1) is 8.54. The summed E-state index contributed by atoms with van der Waals surface area (Å²) in [5.41, 5.74) is 5.44. The second-order valence-electron chi connectivity index (χ2n) is 3.73. The molecule has 0 unspecified atom stereocenters. The van der Waals surface area contributed by atoms with Crippen LogP contribution in [0.1, 0.15) is 19.3 Å². The van der Waals surface area contributed by atoms with Crippen LogP contribution in [-0.4, -0.2) is 17.6 Å². The summed E-state index contributed by atoms with van der Waals surface area (Å²) in [6.45, 7) is 0.448. The van der Waals surface area contributed by atoms with Crippen LogP contribution < -0.4 is 11.1 Å². The quantitative estimate of drug-likeness (QED) is 0.184. The molecule has 0 saturated heterocycles. The van der Waals surface area contributed by atoms with Crippen LogP contribution in [0, 0.1) is 17.5 Å². The Morgan fingerprint density at radius 1 is 1.22 bits per heavy atom. The number of nitrogens with one attached hydrogen (secondary N) is 1. The number of anilines is 1. The fraction of sp³-hybridized carbons (Fsp3) is 0.364. The highest BCUT2D eigenvalue weighted by molar-refractivity contribution is 5.79. The molecule has 1 aromatic carbocycles. The highest BCUT2D eigenvalue weighted by Gasteiger charge is 2.09. The molecule has 0 spiro atoms. The number of halogens is 3. The molecule has 1 rings (SSSR count). The molecule has 4 nitrogen and oxygen atoms in total. The van der Waals surface area contributed by atoms with E-state index in [0.29, 0.717) is 25.8 Å². The Hall–Kier alpha value is -1.92. The van der Waals surface area contributed by atoms with Gasteiger partial charge in [0.2, 0.25) is 0 Å². The Balaban J connectivity index is 2.36. The standard InChI is InChI=1S/C11H14F3N3O/c12-8-5-7(6-9(13)11(8)14)16-4-2-1-3-10(15)17-18/h5-6,16,18H,1-4H2,(H2,15,17). The van der Waals surface area contributed by atoms with Gasteiger partial charge in [-0.25, -0.2) is 13.2 Å². The van der Waals surface area contributed by atoms with Crippen molar-refractivity contribution in [2.75, 3.05) is 11.9 Å². The molecular formula is C11H14F3N3O. The number of oxime groups is 1. The van der Waals surface area contributed by atoms with Crippen LogP contribution in [0.3, 0.4) is 0 Å². The SMILES string of the molecule is NC(CCCCNc1cc(F)c(F)c(F)c1)=NO. The van der Waals surface area contributed by atoms with E-state index in [1.165, 1.54) is 0 Å². The number of nitrogens with zero attached hydrogens (tertiary/aromatic N) is 1. The van der Waals surface area contributed by atoms with E-state index < -0.39 is 17.5 Å². The van der Waals surface area contributed by atoms with Gasteiger partial charge in [-0.3, -0.25) is 0 Å². The summed E-state index contributed by atoms with van der Waals surface area (Å²) in [6.07, 6.45) is 1.76. The van der Waals surface area contributed by atoms with Crippen molar-refractivity contribution in [3.63, 3.8) is 0 Å². The minimum absolute atomic E-state index is 0.133. The average molecular weight is 261 g/mol. The zero-order chi connectivity index (χ0) is 13.5. The monoisotopic (exact) mass is 261 g/mol. The number of benzene rings is 1. The minimum Gasteiger partial charge on any atom is -0.409 e. The molecule has 0 atom stereocenters. The maximum atomic E-state index is 12.9. The fourth-order valence-corrected chi connectivity index (χ4v) is 1.37. The van der Waals surface area contributed by atoms with Crippen LogP contribution in [0.25, 0.3) is 0 Å². The third kappa shape index (κ3) is 4.15. The average Bonchev–Trinajstić information content (AvgIpc) is 2.35. The fourth-order valence-electron chi connectivity index (χ4n) is 1.37. The first-order valence-corrected chi connectivity index (χ1v) is 5.39. The highest BCUT2D eigenvalue weighted by atomic mass is 19.2. The largest absolute Gasteiger partial charge is 0.409 e. The first kappa shape index (κ1) is 14.1. The number of amidine groups is 1. The molecule has 0 aliphatic heterocycles. The van der Waals surface area contributed by atoms with Gasteiger partial charge in [0.1, 0.15) is 5.84 Å². The molecule has 0 heterocycles. The van der Waals surface area contributed by atoms with E-state index in [1.807, 2.05) is 0 Å². The summed E-state index contributed by atoms with van der Waals surface area (Å²) in [4.78, 5) is 0. The van der Waals surface area contributed by atoms with Gasteiger partial charge in [0, 0.05) is 30.8 Å². The van der Waals surface area contributed by atoms with E-state index in [-0.39, 0.29) is 11.5 Å². The van der Waals surface area contributed by atoms with E-state index in [2.05, 4.69) is 10.5 Å². The molecule has 0 bridgehead atoms. The second kappa shape index (κ2) is 6.73. The van der Waals surface area contributed by atoms with Gasteiger partial charge >= 0.3 is 0 Å². The molecule has 1 aromatic rings. The van der Waals surface area contributed by atoms with Crippen molar-refractivity contribution in [3.8, 4) is 0 Å². The van der Waals surface area contributed by atoms with E-state index in [4.69, 9.17) is 10.9 Å². The van der Waals surface area contributed by atoms with E-state index in [9.17, 15) is 13.2 Å². The van der Waals surface area contributed by atoms with E-state index in [1.54, 1.807) is 0 Å². The van der Waals surface area contributed by atoms with Crippen molar-refractivity contribution in [2.45, 2.75) is 19.3 Å². The van der Waals surface area contributed by atoms with Gasteiger partial charge in [0.25, 0.3) is 0 Å². The number of hydrogen-bond acceptors (Lipinski definition) is 3. The predicted octanol–water partition coefficient (Wildman–Crippen LogP) is 2.43. The molecule has 7 heteroatoms. The van der Waals surface area contributed by atoms with Gasteiger partial charge in [-0.2, -0.15) is 0 Å². The molecule has 0 radical (unpaired) electrons. The normalized spacial score (nSPS) is 11.6. The molecule has 0 aromatic heterocycles. The van der Waals surface area contributed by atoms with Crippen molar-refractivity contribution in [2.24, 2.45) is 10.9 Å². The van der Waals surface area contributed by atoms with Gasteiger partial charge in [-0.1, -0.05) is 5.16 Å². The molecule has 100 valence electrons. The minimum atomic E-state index is -1.48. The van der Waals surface area contributed by atoms with E-state index in [0.717, 1.165) is 12.1 Å². The van der Waals surface area contributed by atoms with Crippen LogP contribution in [-0.2, 0) is 0 Å². The molecule has 0 aliphatic carbocycles. The second-order valence-corrected chi connectivity index (χ2v) is 3.73. The summed E-state index contributed by atoms with van der Waals surface area (Å²) in [7, 11) is 0. The first-order valence-electron chi connectivity index (χ1n) is 5.39. The van der Waals surface area contributed by atoms with Gasteiger partial charge < -0.3 is 16.3 Å². The molecule has 4 N–H and O–H groups in total. The number of nitrogens with two attached hydrogens (primary N) is 1. The molecule has 0 amide bonds. The lowest BCUT2D eigenvalue weighted by atomic mass is 10.2. The lowest BCUT2D eigenvalue weighted by molar-refractivity contribution is 0.316. The van der Waals surface area contributed by atoms with Crippen molar-refractivity contribution in [1.82, 2.24) is 0 Å². The van der Waals surface area contributed by atoms with Gasteiger partial charge in [0.05, 0.1) is 0 Å². The van der Waals surface area contributed by atoms with Gasteiger partial charge in [-0.05, 0) is 12.8 Å². The third-order valence-electron chi connectivity index (χ3n) is 2.30. The third-order valence-corrected chi connectivity index (χ3v) is 2.30. The Morgan fingerprint density at radius 2 is 1.83 bits per heavy atom. The Bertz CT molecular complexity index is 415. The number of unbranched alkanes of at least 4 members (excludes halogenated alkanes) is 1. The van der Waals surface area contributed by atoms with Crippen molar-refractivity contribution in [1.29, 1.82) is 0 Å². The van der Waals surface area contributed by atoms with Crippen LogP contribution in [0.2, 0.25) is 0 Å². The maximum Gasteiger partial charge on any atom is 0.194 e. The zero-order valence-corrected chi connectivity index (χ0v) is 9.59. The van der Waals surface area contributed by atoms with Crippen LogP contribution in [0.4, 0.5) is 18.9 Å². The molecule has 0 aliphatic rings. The van der Waals surface area contributed by atoms with Gasteiger partial charge in [-0.15, -0.1) is 0 Å². The van der Waals surface area contributed by atoms with E-state index >= 15 is 0 Å². The molecule has 0 saturated carbocycles. The summed E-state index contributed by atoms with van der Waals surface area (Å²) >= 11 is 0. The smallest absolute Gasteiger partial charge is 0.194 e. The Kier molecular flexibility index (Phi) is 5.29. The predicted molar refractivity (Wildman–Crippen MR) is 62.1 cm³/mol. The topological polar surface area (TPSA) is 70.6 Å².